The maximum absolute atomic E-state index is 12.3. The molecule has 1 aliphatic rings. The van der Waals surface area contributed by atoms with Crippen LogP contribution in [-0.4, -0.2) is 39.5 Å². The molecule has 3 rings (SSSR count). The van der Waals surface area contributed by atoms with Crippen molar-refractivity contribution < 1.29 is 9.90 Å². The van der Waals surface area contributed by atoms with Gasteiger partial charge in [-0.2, -0.15) is 5.26 Å². The molecule has 7 heteroatoms. The van der Waals surface area contributed by atoms with Crippen molar-refractivity contribution >= 4 is 29.4 Å². The highest BCUT2D eigenvalue weighted by Gasteiger charge is 2.33. The molecule has 128 valence electrons. The molecule has 2 heterocycles. The van der Waals surface area contributed by atoms with Gasteiger partial charge in [-0.05, 0) is 42.5 Å². The summed E-state index contributed by atoms with van der Waals surface area (Å²) in [5.74, 6) is 0.780. The first-order valence-corrected chi connectivity index (χ1v) is 10.0. The molecule has 1 atom stereocenters. The van der Waals surface area contributed by atoms with Crippen LogP contribution in [0.25, 0.3) is 0 Å². The molecule has 1 aromatic carbocycles. The lowest BCUT2D eigenvalue weighted by Crippen LogP contribution is -2.30. The molecule has 0 spiro atoms. The van der Waals surface area contributed by atoms with Crippen molar-refractivity contribution in [2.24, 2.45) is 0 Å². The number of carbonyl (C=O) groups is 1. The molecule has 1 N–H and O–H groups in total. The number of hydrogen-bond acceptors (Lipinski definition) is 6. The van der Waals surface area contributed by atoms with Gasteiger partial charge in [-0.1, -0.05) is 12.1 Å². The lowest BCUT2D eigenvalue weighted by atomic mass is 10.1. The zero-order chi connectivity index (χ0) is 17.8. The summed E-state index contributed by atoms with van der Waals surface area (Å²) in [5.41, 5.74) is 2.44. The third-order valence-electron chi connectivity index (χ3n) is 3.99. The van der Waals surface area contributed by atoms with Crippen LogP contribution in [0.5, 0.6) is 5.75 Å². The maximum atomic E-state index is 12.3. The van der Waals surface area contributed by atoms with Crippen LogP contribution in [0.4, 0.5) is 0 Å². The SMILES string of the molecule is CSc1nc(C2SCC(=O)N2CCc2ccc(O)cc2)ccc1C#N. The van der Waals surface area contributed by atoms with Gasteiger partial charge in [0.2, 0.25) is 5.91 Å². The topological polar surface area (TPSA) is 77.2 Å². The number of nitrogens with zero attached hydrogens (tertiary/aromatic N) is 3. The number of carbonyl (C=O) groups excluding carboxylic acids is 1. The Balaban J connectivity index is 1.77. The van der Waals surface area contributed by atoms with E-state index in [9.17, 15) is 9.90 Å². The van der Waals surface area contributed by atoms with Gasteiger partial charge in [0.05, 0.1) is 17.0 Å². The van der Waals surface area contributed by atoms with E-state index in [4.69, 9.17) is 5.26 Å². The second-order valence-electron chi connectivity index (χ2n) is 5.57. The number of hydrogen-bond donors (Lipinski definition) is 1. The zero-order valence-corrected chi connectivity index (χ0v) is 15.3. The lowest BCUT2D eigenvalue weighted by Gasteiger charge is -2.24. The van der Waals surface area contributed by atoms with Crippen molar-refractivity contribution in [1.29, 1.82) is 5.26 Å². The molecule has 0 aliphatic carbocycles. The number of aromatic nitrogens is 1. The minimum absolute atomic E-state index is 0.102. The number of rotatable bonds is 5. The van der Waals surface area contributed by atoms with Crippen LogP contribution in [0.1, 0.15) is 22.2 Å². The van der Waals surface area contributed by atoms with Crippen molar-refractivity contribution in [1.82, 2.24) is 9.88 Å². The Bertz CT molecular complexity index is 818. The molecule has 1 saturated heterocycles. The number of phenolic OH excluding ortho intramolecular Hbond substituents is 1. The fraction of sp³-hybridized carbons (Fsp3) is 0.278. The van der Waals surface area contributed by atoms with Crippen LogP contribution in [0, 0.1) is 11.3 Å². The monoisotopic (exact) mass is 371 g/mol. The fourth-order valence-electron chi connectivity index (χ4n) is 2.69. The van der Waals surface area contributed by atoms with Crippen molar-refractivity contribution in [3.05, 3.63) is 53.2 Å². The first-order chi connectivity index (χ1) is 12.1. The molecule has 1 aromatic heterocycles. The van der Waals surface area contributed by atoms with Gasteiger partial charge in [0.1, 0.15) is 22.2 Å². The van der Waals surface area contributed by atoms with E-state index in [-0.39, 0.29) is 17.0 Å². The Labute approximate surface area is 155 Å². The van der Waals surface area contributed by atoms with Gasteiger partial charge in [-0.3, -0.25) is 4.79 Å². The van der Waals surface area contributed by atoms with Crippen molar-refractivity contribution in [3.63, 3.8) is 0 Å². The number of thioether (sulfide) groups is 2. The summed E-state index contributed by atoms with van der Waals surface area (Å²) in [6.07, 6.45) is 2.61. The van der Waals surface area contributed by atoms with E-state index in [1.807, 2.05) is 29.4 Å². The van der Waals surface area contributed by atoms with E-state index in [1.54, 1.807) is 30.0 Å². The minimum Gasteiger partial charge on any atom is -0.508 e. The van der Waals surface area contributed by atoms with Gasteiger partial charge in [-0.15, -0.1) is 23.5 Å². The summed E-state index contributed by atoms with van der Waals surface area (Å²) < 4.78 is 0. The summed E-state index contributed by atoms with van der Waals surface area (Å²) in [5, 5.41) is 19.1. The zero-order valence-electron chi connectivity index (χ0n) is 13.7. The second-order valence-corrected chi connectivity index (χ2v) is 7.44. The van der Waals surface area contributed by atoms with Crippen LogP contribution in [-0.2, 0) is 11.2 Å². The number of pyridine rings is 1. The third-order valence-corrected chi connectivity index (χ3v) is 5.92. The molecule has 1 unspecified atom stereocenters. The summed E-state index contributed by atoms with van der Waals surface area (Å²) in [4.78, 5) is 18.7. The summed E-state index contributed by atoms with van der Waals surface area (Å²) in [6.45, 7) is 0.595. The van der Waals surface area contributed by atoms with Crippen LogP contribution in [0.15, 0.2) is 41.4 Å². The predicted molar refractivity (Wildman–Crippen MR) is 99.5 cm³/mol. The van der Waals surface area contributed by atoms with E-state index < -0.39 is 0 Å². The Morgan fingerprint density at radius 1 is 1.36 bits per heavy atom. The third kappa shape index (κ3) is 3.91. The maximum Gasteiger partial charge on any atom is 0.233 e. The molecule has 1 amide bonds. The summed E-state index contributed by atoms with van der Waals surface area (Å²) >= 11 is 3.00. The van der Waals surface area contributed by atoms with E-state index >= 15 is 0 Å². The number of amides is 1. The standard InChI is InChI=1S/C18H17N3O2S2/c1-24-17-13(10-19)4-7-15(20-17)18-21(16(23)11-25-18)9-8-12-2-5-14(22)6-3-12/h2-7,18,22H,8-9,11H2,1H3. The second kappa shape index (κ2) is 7.81. The minimum atomic E-state index is -0.122. The highest BCUT2D eigenvalue weighted by atomic mass is 32.2. The van der Waals surface area contributed by atoms with Crippen molar-refractivity contribution in [3.8, 4) is 11.8 Å². The average Bonchev–Trinajstić information content (AvgIpc) is 3.01. The number of phenols is 1. The molecule has 0 radical (unpaired) electrons. The van der Waals surface area contributed by atoms with Gasteiger partial charge in [0.15, 0.2) is 0 Å². The van der Waals surface area contributed by atoms with E-state index in [0.717, 1.165) is 17.7 Å². The highest BCUT2D eigenvalue weighted by molar-refractivity contribution is 8.00. The largest absolute Gasteiger partial charge is 0.508 e. The first kappa shape index (κ1) is 17.6. The highest BCUT2D eigenvalue weighted by Crippen LogP contribution is 2.38. The summed E-state index contributed by atoms with van der Waals surface area (Å²) in [6, 6.07) is 12.8. The van der Waals surface area contributed by atoms with Gasteiger partial charge in [0.25, 0.3) is 0 Å². The number of nitriles is 1. The van der Waals surface area contributed by atoms with Crippen LogP contribution >= 0.6 is 23.5 Å². The number of aromatic hydroxyl groups is 1. The van der Waals surface area contributed by atoms with Crippen LogP contribution in [0.3, 0.4) is 0 Å². The molecular formula is C18H17N3O2S2. The van der Waals surface area contributed by atoms with Crippen molar-refractivity contribution in [2.45, 2.75) is 16.8 Å². The Morgan fingerprint density at radius 3 is 2.80 bits per heavy atom. The summed E-state index contributed by atoms with van der Waals surface area (Å²) in [7, 11) is 0. The average molecular weight is 371 g/mol. The fourth-order valence-corrected chi connectivity index (χ4v) is 4.39. The lowest BCUT2D eigenvalue weighted by molar-refractivity contribution is -0.128. The Morgan fingerprint density at radius 2 is 2.12 bits per heavy atom. The molecule has 5 nitrogen and oxygen atoms in total. The van der Waals surface area contributed by atoms with E-state index in [0.29, 0.717) is 22.9 Å². The van der Waals surface area contributed by atoms with E-state index in [1.165, 1.54) is 11.8 Å². The smallest absolute Gasteiger partial charge is 0.233 e. The van der Waals surface area contributed by atoms with Gasteiger partial charge in [0, 0.05) is 6.54 Å². The molecule has 0 bridgehead atoms. The van der Waals surface area contributed by atoms with Gasteiger partial charge in [-0.25, -0.2) is 4.98 Å². The molecule has 1 aliphatic heterocycles. The number of benzene rings is 1. The Hall–Kier alpha value is -2.17. The van der Waals surface area contributed by atoms with E-state index in [2.05, 4.69) is 11.1 Å². The molecule has 1 fully saturated rings. The molecular weight excluding hydrogens is 354 g/mol. The predicted octanol–water partition coefficient (Wildman–Crippen LogP) is 3.20. The Kier molecular flexibility index (Phi) is 5.51. The quantitative estimate of drug-likeness (QED) is 0.814. The van der Waals surface area contributed by atoms with Crippen LogP contribution < -0.4 is 0 Å². The normalized spacial score (nSPS) is 16.9. The van der Waals surface area contributed by atoms with Crippen LogP contribution in [0.2, 0.25) is 0 Å². The molecule has 2 aromatic rings. The first-order valence-electron chi connectivity index (χ1n) is 7.76. The molecule has 25 heavy (non-hydrogen) atoms. The molecule has 0 saturated carbocycles. The van der Waals surface area contributed by atoms with Crippen molar-refractivity contribution in [2.75, 3.05) is 18.6 Å². The van der Waals surface area contributed by atoms with Gasteiger partial charge >= 0.3 is 0 Å². The van der Waals surface area contributed by atoms with Gasteiger partial charge < -0.3 is 10.0 Å².